The predicted molar refractivity (Wildman–Crippen MR) is 68.6 cm³/mol. The van der Waals surface area contributed by atoms with Gasteiger partial charge in [-0.3, -0.25) is 0 Å². The Morgan fingerprint density at radius 2 is 1.76 bits per heavy atom. The van der Waals surface area contributed by atoms with Crippen LogP contribution in [0.5, 0.6) is 0 Å². The number of sulfone groups is 1. The molecule has 1 aliphatic carbocycles. The number of hydrogen-bond acceptors (Lipinski definition) is 3. The number of nitrogens with two attached hydrogens (primary N) is 1. The van der Waals surface area contributed by atoms with Gasteiger partial charge >= 0.3 is 0 Å². The van der Waals surface area contributed by atoms with Gasteiger partial charge in [0.1, 0.15) is 0 Å². The van der Waals surface area contributed by atoms with Crippen LogP contribution in [0.1, 0.15) is 25.3 Å². The molecular formula is C13H19NO2S. The summed E-state index contributed by atoms with van der Waals surface area (Å²) in [4.78, 5) is 0.379. The molecule has 0 unspecified atom stereocenters. The van der Waals surface area contributed by atoms with Crippen LogP contribution in [-0.2, 0) is 9.84 Å². The Balaban J connectivity index is 2.27. The van der Waals surface area contributed by atoms with E-state index < -0.39 is 9.84 Å². The number of rotatable bonds is 3. The first kappa shape index (κ1) is 12.6. The van der Waals surface area contributed by atoms with Crippen molar-refractivity contribution in [3.05, 3.63) is 29.8 Å². The summed E-state index contributed by atoms with van der Waals surface area (Å²) in [6.07, 6.45) is 1.23. The summed E-state index contributed by atoms with van der Waals surface area (Å²) in [5.41, 5.74) is 7.17. The Morgan fingerprint density at radius 3 is 2.12 bits per heavy atom. The average molecular weight is 253 g/mol. The summed E-state index contributed by atoms with van der Waals surface area (Å²) in [6.45, 7) is 5.10. The minimum absolute atomic E-state index is 0.237. The standard InChI is InChI=1S/C13H19NO2S/c1-13(2)11(8-14)12(13)9-4-6-10(7-5-9)17(3,15)16/h4-7,11-12H,8,14H2,1-3H3/t11-,12-/m0/s1. The van der Waals surface area contributed by atoms with Crippen molar-refractivity contribution in [2.75, 3.05) is 12.8 Å². The van der Waals surface area contributed by atoms with E-state index in [0.29, 0.717) is 23.3 Å². The molecule has 1 saturated carbocycles. The van der Waals surface area contributed by atoms with Crippen LogP contribution in [-0.4, -0.2) is 21.2 Å². The Morgan fingerprint density at radius 1 is 1.24 bits per heavy atom. The molecule has 0 spiro atoms. The predicted octanol–water partition coefficient (Wildman–Crippen LogP) is 1.79. The smallest absolute Gasteiger partial charge is 0.175 e. The third-order valence-corrected chi connectivity index (χ3v) is 5.10. The van der Waals surface area contributed by atoms with Gasteiger partial charge < -0.3 is 5.73 Å². The summed E-state index contributed by atoms with van der Waals surface area (Å²) in [5.74, 6) is 0.965. The second-order valence-electron chi connectivity index (χ2n) is 5.48. The summed E-state index contributed by atoms with van der Waals surface area (Å²) in [7, 11) is -3.10. The molecule has 0 aliphatic heterocycles. The quantitative estimate of drug-likeness (QED) is 0.893. The van der Waals surface area contributed by atoms with Crippen LogP contribution in [0.25, 0.3) is 0 Å². The summed E-state index contributed by atoms with van der Waals surface area (Å²) in [5, 5.41) is 0. The van der Waals surface area contributed by atoms with Gasteiger partial charge in [-0.15, -0.1) is 0 Å². The third-order valence-electron chi connectivity index (χ3n) is 3.97. The molecule has 0 amide bonds. The van der Waals surface area contributed by atoms with E-state index in [1.165, 1.54) is 11.8 Å². The lowest BCUT2D eigenvalue weighted by atomic mass is 10.0. The molecule has 1 aromatic carbocycles. The molecule has 17 heavy (non-hydrogen) atoms. The molecule has 1 aromatic rings. The van der Waals surface area contributed by atoms with Gasteiger partial charge in [-0.2, -0.15) is 0 Å². The van der Waals surface area contributed by atoms with E-state index in [1.807, 2.05) is 12.1 Å². The highest BCUT2D eigenvalue weighted by Gasteiger charge is 2.57. The fourth-order valence-corrected chi connectivity index (χ4v) is 3.40. The monoisotopic (exact) mass is 253 g/mol. The first-order valence-corrected chi connectivity index (χ1v) is 7.67. The van der Waals surface area contributed by atoms with Crippen LogP contribution < -0.4 is 5.73 Å². The van der Waals surface area contributed by atoms with Gasteiger partial charge in [0.25, 0.3) is 0 Å². The van der Waals surface area contributed by atoms with Crippen molar-refractivity contribution in [3.8, 4) is 0 Å². The largest absolute Gasteiger partial charge is 0.330 e. The average Bonchev–Trinajstić information content (AvgIpc) is 2.79. The molecule has 0 bridgehead atoms. The number of hydrogen-bond donors (Lipinski definition) is 1. The van der Waals surface area contributed by atoms with E-state index in [4.69, 9.17) is 5.73 Å². The van der Waals surface area contributed by atoms with Crippen LogP contribution in [0.3, 0.4) is 0 Å². The first-order valence-electron chi connectivity index (χ1n) is 5.78. The summed E-state index contributed by atoms with van der Waals surface area (Å²) >= 11 is 0. The van der Waals surface area contributed by atoms with Gasteiger partial charge in [0.2, 0.25) is 0 Å². The van der Waals surface area contributed by atoms with Crippen molar-refractivity contribution in [1.82, 2.24) is 0 Å². The maximum absolute atomic E-state index is 11.4. The van der Waals surface area contributed by atoms with Gasteiger partial charge in [-0.05, 0) is 41.5 Å². The Labute approximate surface area is 103 Å². The lowest BCUT2D eigenvalue weighted by Crippen LogP contribution is -2.05. The van der Waals surface area contributed by atoms with Crippen LogP contribution in [0.2, 0.25) is 0 Å². The zero-order valence-electron chi connectivity index (χ0n) is 10.5. The molecular weight excluding hydrogens is 234 g/mol. The second-order valence-corrected chi connectivity index (χ2v) is 7.50. The Kier molecular flexibility index (Phi) is 2.83. The fraction of sp³-hybridized carbons (Fsp3) is 0.538. The normalized spacial score (nSPS) is 26.8. The lowest BCUT2D eigenvalue weighted by molar-refractivity contribution is 0.558. The molecule has 0 heterocycles. The van der Waals surface area contributed by atoms with E-state index in [2.05, 4.69) is 13.8 Å². The van der Waals surface area contributed by atoms with Gasteiger partial charge in [-0.25, -0.2) is 8.42 Å². The molecule has 94 valence electrons. The van der Waals surface area contributed by atoms with Crippen molar-refractivity contribution in [3.63, 3.8) is 0 Å². The van der Waals surface area contributed by atoms with Crippen LogP contribution >= 0.6 is 0 Å². The lowest BCUT2D eigenvalue weighted by Gasteiger charge is -2.04. The van der Waals surface area contributed by atoms with E-state index >= 15 is 0 Å². The molecule has 1 fully saturated rings. The molecule has 4 heteroatoms. The molecule has 2 rings (SSSR count). The van der Waals surface area contributed by atoms with Gasteiger partial charge in [0.15, 0.2) is 9.84 Å². The zero-order valence-corrected chi connectivity index (χ0v) is 11.3. The first-order chi connectivity index (χ1) is 7.78. The summed E-state index contributed by atoms with van der Waals surface area (Å²) < 4.78 is 22.7. The third kappa shape index (κ3) is 2.11. The topological polar surface area (TPSA) is 60.2 Å². The summed E-state index contributed by atoms with van der Waals surface area (Å²) in [6, 6.07) is 7.20. The van der Waals surface area contributed by atoms with Gasteiger partial charge in [0.05, 0.1) is 4.90 Å². The van der Waals surface area contributed by atoms with E-state index in [-0.39, 0.29) is 5.41 Å². The van der Waals surface area contributed by atoms with Crippen LogP contribution in [0.4, 0.5) is 0 Å². The molecule has 2 N–H and O–H groups in total. The molecule has 2 atom stereocenters. The minimum atomic E-state index is -3.10. The minimum Gasteiger partial charge on any atom is -0.330 e. The van der Waals surface area contributed by atoms with Gasteiger partial charge in [0, 0.05) is 6.26 Å². The molecule has 1 aliphatic rings. The van der Waals surface area contributed by atoms with E-state index in [0.717, 1.165) is 0 Å². The van der Waals surface area contributed by atoms with Crippen molar-refractivity contribution in [2.24, 2.45) is 17.1 Å². The zero-order chi connectivity index (χ0) is 12.8. The number of benzene rings is 1. The maximum atomic E-state index is 11.4. The van der Waals surface area contributed by atoms with Crippen molar-refractivity contribution < 1.29 is 8.42 Å². The van der Waals surface area contributed by atoms with Crippen molar-refractivity contribution in [2.45, 2.75) is 24.7 Å². The van der Waals surface area contributed by atoms with E-state index in [1.54, 1.807) is 12.1 Å². The highest BCUT2D eigenvalue weighted by Crippen LogP contribution is 2.63. The molecule has 0 saturated heterocycles. The second kappa shape index (κ2) is 3.82. The van der Waals surface area contributed by atoms with Crippen molar-refractivity contribution in [1.29, 1.82) is 0 Å². The maximum Gasteiger partial charge on any atom is 0.175 e. The van der Waals surface area contributed by atoms with Gasteiger partial charge in [-0.1, -0.05) is 26.0 Å². The Hall–Kier alpha value is -0.870. The highest BCUT2D eigenvalue weighted by molar-refractivity contribution is 7.90. The molecule has 0 radical (unpaired) electrons. The SMILES string of the molecule is CC1(C)[C@@H](CN)[C@@H]1c1ccc(S(C)(=O)=O)cc1. The van der Waals surface area contributed by atoms with Crippen molar-refractivity contribution >= 4 is 9.84 Å². The molecule has 3 nitrogen and oxygen atoms in total. The van der Waals surface area contributed by atoms with Crippen LogP contribution in [0, 0.1) is 11.3 Å². The Bertz CT molecular complexity index is 517. The van der Waals surface area contributed by atoms with Crippen LogP contribution in [0.15, 0.2) is 29.2 Å². The van der Waals surface area contributed by atoms with E-state index in [9.17, 15) is 8.42 Å². The fourth-order valence-electron chi connectivity index (χ4n) is 2.77. The molecule has 0 aromatic heterocycles. The highest BCUT2D eigenvalue weighted by atomic mass is 32.2.